The number of anilines is 1. The Morgan fingerprint density at radius 1 is 1.44 bits per heavy atom. The van der Waals surface area contributed by atoms with E-state index in [1.165, 1.54) is 25.9 Å². The number of imidazole rings is 1. The Kier molecular flexibility index (Phi) is 5.01. The van der Waals surface area contributed by atoms with Crippen LogP contribution >= 0.6 is 0 Å². The summed E-state index contributed by atoms with van der Waals surface area (Å²) in [6, 6.07) is 0.560. The lowest BCUT2D eigenvalue weighted by Gasteiger charge is -2.29. The Hall–Kier alpha value is -1.07. The fourth-order valence-corrected chi connectivity index (χ4v) is 2.34. The number of hydrogen-bond donors (Lipinski definition) is 1. The van der Waals surface area contributed by atoms with Crippen molar-refractivity contribution in [1.82, 2.24) is 14.5 Å². The molecule has 0 unspecified atom stereocenters. The minimum atomic E-state index is 0.560. The maximum atomic E-state index is 5.08. The number of methoxy groups -OCH3 is 1. The fraction of sp³-hybridized carbons (Fsp3) is 0.769. The lowest BCUT2D eigenvalue weighted by atomic mass is 10.1. The van der Waals surface area contributed by atoms with Gasteiger partial charge < -0.3 is 19.5 Å². The quantitative estimate of drug-likeness (QED) is 0.778. The zero-order valence-corrected chi connectivity index (χ0v) is 11.4. The first kappa shape index (κ1) is 13.4. The molecule has 0 aliphatic carbocycles. The first-order chi connectivity index (χ1) is 8.79. The van der Waals surface area contributed by atoms with Crippen molar-refractivity contribution < 1.29 is 4.74 Å². The summed E-state index contributed by atoms with van der Waals surface area (Å²) in [6.07, 6.45) is 7.31. The zero-order chi connectivity index (χ0) is 12.8. The van der Waals surface area contributed by atoms with Gasteiger partial charge in [0.05, 0.1) is 0 Å². The Balaban J connectivity index is 1.83. The molecule has 5 heteroatoms. The molecular weight excluding hydrogens is 228 g/mol. The second-order valence-corrected chi connectivity index (χ2v) is 5.01. The Labute approximate surface area is 109 Å². The second kappa shape index (κ2) is 6.75. The lowest BCUT2D eigenvalue weighted by molar-refractivity contribution is 0.190. The van der Waals surface area contributed by atoms with Gasteiger partial charge in [0, 0.05) is 38.7 Å². The Morgan fingerprint density at radius 3 is 2.94 bits per heavy atom. The van der Waals surface area contributed by atoms with Gasteiger partial charge in [-0.3, -0.25) is 0 Å². The third-order valence-electron chi connectivity index (χ3n) is 3.51. The van der Waals surface area contributed by atoms with Gasteiger partial charge in [0.25, 0.3) is 0 Å². The Morgan fingerprint density at radius 2 is 2.22 bits per heavy atom. The zero-order valence-electron chi connectivity index (χ0n) is 11.4. The largest absolute Gasteiger partial charge is 0.385 e. The van der Waals surface area contributed by atoms with Gasteiger partial charge >= 0.3 is 0 Å². The van der Waals surface area contributed by atoms with Crippen molar-refractivity contribution in [3.8, 4) is 0 Å². The van der Waals surface area contributed by atoms with Crippen molar-refractivity contribution >= 4 is 5.95 Å². The summed E-state index contributed by atoms with van der Waals surface area (Å²) >= 11 is 0. The van der Waals surface area contributed by atoms with Gasteiger partial charge in [-0.1, -0.05) is 0 Å². The van der Waals surface area contributed by atoms with Crippen LogP contribution in [-0.2, 0) is 11.3 Å². The number of likely N-dealkylation sites (tertiary alicyclic amines) is 1. The molecular formula is C13H24N4O. The summed E-state index contributed by atoms with van der Waals surface area (Å²) in [7, 11) is 3.92. The van der Waals surface area contributed by atoms with Crippen molar-refractivity contribution in [2.24, 2.45) is 0 Å². The topological polar surface area (TPSA) is 42.3 Å². The van der Waals surface area contributed by atoms with Crippen LogP contribution in [0.2, 0.25) is 0 Å². The van der Waals surface area contributed by atoms with E-state index in [1.807, 2.05) is 12.4 Å². The first-order valence-corrected chi connectivity index (χ1v) is 6.74. The molecule has 1 aliphatic heterocycles. The van der Waals surface area contributed by atoms with E-state index in [1.54, 1.807) is 7.11 Å². The standard InChI is InChI=1S/C13H24N4O/c1-16-8-4-12(5-9-16)15-13-14-6-10-17(13)7-3-11-18-2/h6,10,12H,3-5,7-9,11H2,1-2H3,(H,14,15). The first-order valence-electron chi connectivity index (χ1n) is 6.74. The van der Waals surface area contributed by atoms with Gasteiger partial charge in [-0.05, 0) is 39.4 Å². The van der Waals surface area contributed by atoms with Gasteiger partial charge in [-0.2, -0.15) is 0 Å². The third kappa shape index (κ3) is 3.71. The van der Waals surface area contributed by atoms with E-state index in [4.69, 9.17) is 4.74 Å². The van der Waals surface area contributed by atoms with Gasteiger partial charge in [0.1, 0.15) is 0 Å². The van der Waals surface area contributed by atoms with Gasteiger partial charge in [0.2, 0.25) is 5.95 Å². The number of hydrogen-bond acceptors (Lipinski definition) is 4. The summed E-state index contributed by atoms with van der Waals surface area (Å²) in [4.78, 5) is 6.78. The summed E-state index contributed by atoms with van der Waals surface area (Å²) in [5, 5.41) is 3.56. The van der Waals surface area contributed by atoms with Crippen LogP contribution in [0.5, 0.6) is 0 Å². The number of rotatable bonds is 6. The van der Waals surface area contributed by atoms with Crippen molar-refractivity contribution in [3.05, 3.63) is 12.4 Å². The third-order valence-corrected chi connectivity index (χ3v) is 3.51. The molecule has 0 bridgehead atoms. The number of nitrogens with zero attached hydrogens (tertiary/aromatic N) is 3. The van der Waals surface area contributed by atoms with Crippen LogP contribution in [-0.4, -0.2) is 54.3 Å². The lowest BCUT2D eigenvalue weighted by Crippen LogP contribution is -2.37. The van der Waals surface area contributed by atoms with E-state index in [-0.39, 0.29) is 0 Å². The molecule has 1 aliphatic rings. The van der Waals surface area contributed by atoms with Crippen LogP contribution in [0, 0.1) is 0 Å². The molecule has 0 amide bonds. The Bertz CT molecular complexity index is 345. The molecule has 1 aromatic heterocycles. The van der Waals surface area contributed by atoms with Gasteiger partial charge in [-0.25, -0.2) is 4.98 Å². The molecule has 2 rings (SSSR count). The molecule has 1 aromatic rings. The summed E-state index contributed by atoms with van der Waals surface area (Å²) in [5.41, 5.74) is 0. The van der Waals surface area contributed by atoms with E-state index in [0.717, 1.165) is 25.5 Å². The SMILES string of the molecule is COCCCn1ccnc1NC1CCN(C)CC1. The predicted octanol–water partition coefficient (Wildman–Crippen LogP) is 1.43. The van der Waals surface area contributed by atoms with Gasteiger partial charge in [-0.15, -0.1) is 0 Å². The molecule has 0 atom stereocenters. The monoisotopic (exact) mass is 252 g/mol. The van der Waals surface area contributed by atoms with E-state index < -0.39 is 0 Å². The molecule has 0 aromatic carbocycles. The maximum absolute atomic E-state index is 5.08. The fourth-order valence-electron chi connectivity index (χ4n) is 2.34. The minimum absolute atomic E-state index is 0.560. The second-order valence-electron chi connectivity index (χ2n) is 5.01. The van der Waals surface area contributed by atoms with Crippen molar-refractivity contribution in [3.63, 3.8) is 0 Å². The molecule has 2 heterocycles. The number of aryl methyl sites for hydroxylation is 1. The molecule has 18 heavy (non-hydrogen) atoms. The number of piperidine rings is 1. The van der Waals surface area contributed by atoms with Crippen molar-refractivity contribution in [1.29, 1.82) is 0 Å². The highest BCUT2D eigenvalue weighted by atomic mass is 16.5. The summed E-state index contributed by atoms with van der Waals surface area (Å²) in [6.45, 7) is 4.10. The normalized spacial score (nSPS) is 18.1. The highest BCUT2D eigenvalue weighted by Crippen LogP contribution is 2.14. The molecule has 5 nitrogen and oxygen atoms in total. The van der Waals surface area contributed by atoms with E-state index in [2.05, 4.69) is 26.8 Å². The predicted molar refractivity (Wildman–Crippen MR) is 72.9 cm³/mol. The van der Waals surface area contributed by atoms with Crippen LogP contribution < -0.4 is 5.32 Å². The number of ether oxygens (including phenoxy) is 1. The minimum Gasteiger partial charge on any atom is -0.385 e. The maximum Gasteiger partial charge on any atom is 0.202 e. The molecule has 102 valence electrons. The van der Waals surface area contributed by atoms with E-state index >= 15 is 0 Å². The van der Waals surface area contributed by atoms with E-state index in [9.17, 15) is 0 Å². The average molecular weight is 252 g/mol. The molecule has 1 N–H and O–H groups in total. The average Bonchev–Trinajstić information content (AvgIpc) is 2.80. The van der Waals surface area contributed by atoms with Crippen LogP contribution in [0.15, 0.2) is 12.4 Å². The van der Waals surface area contributed by atoms with E-state index in [0.29, 0.717) is 6.04 Å². The molecule has 0 spiro atoms. The molecule has 0 radical (unpaired) electrons. The highest BCUT2D eigenvalue weighted by molar-refractivity contribution is 5.27. The summed E-state index contributed by atoms with van der Waals surface area (Å²) < 4.78 is 7.26. The highest BCUT2D eigenvalue weighted by Gasteiger charge is 2.17. The molecule has 1 saturated heterocycles. The van der Waals surface area contributed by atoms with Crippen LogP contribution in [0.3, 0.4) is 0 Å². The van der Waals surface area contributed by atoms with Crippen LogP contribution in [0.1, 0.15) is 19.3 Å². The molecule has 0 saturated carbocycles. The summed E-state index contributed by atoms with van der Waals surface area (Å²) in [5.74, 6) is 1.00. The number of aromatic nitrogens is 2. The number of nitrogens with one attached hydrogen (secondary N) is 1. The van der Waals surface area contributed by atoms with Crippen molar-refractivity contribution in [2.45, 2.75) is 31.8 Å². The molecule has 1 fully saturated rings. The van der Waals surface area contributed by atoms with Crippen LogP contribution in [0.25, 0.3) is 0 Å². The van der Waals surface area contributed by atoms with Crippen LogP contribution in [0.4, 0.5) is 5.95 Å². The van der Waals surface area contributed by atoms with Gasteiger partial charge in [0.15, 0.2) is 0 Å². The smallest absolute Gasteiger partial charge is 0.202 e. The van der Waals surface area contributed by atoms with Crippen molar-refractivity contribution in [2.75, 3.05) is 39.2 Å².